The van der Waals surface area contributed by atoms with E-state index in [2.05, 4.69) is 91.0 Å². The summed E-state index contributed by atoms with van der Waals surface area (Å²) < 4.78 is 0. The topological polar surface area (TPSA) is 38.7 Å². The van der Waals surface area contributed by atoms with Gasteiger partial charge in [-0.2, -0.15) is 0 Å². The van der Waals surface area contributed by atoms with E-state index >= 15 is 0 Å². The van der Waals surface area contributed by atoms with E-state index in [0.29, 0.717) is 11.2 Å². The summed E-state index contributed by atoms with van der Waals surface area (Å²) in [5.74, 6) is 9.00. The molecular weight excluding hydrogens is 534 g/mol. The zero-order valence-electron chi connectivity index (χ0n) is 25.0. The molecule has 216 valence electrons. The van der Waals surface area contributed by atoms with Crippen molar-refractivity contribution in [2.45, 2.75) is 43.9 Å². The van der Waals surface area contributed by atoms with Crippen molar-refractivity contribution in [1.82, 2.24) is 15.0 Å². The number of hydrogen-bond donors (Lipinski definition) is 0. The van der Waals surface area contributed by atoms with Gasteiger partial charge in [-0.3, -0.25) is 0 Å². The van der Waals surface area contributed by atoms with Crippen molar-refractivity contribution >= 4 is 0 Å². The summed E-state index contributed by atoms with van der Waals surface area (Å²) in [7, 11) is 0. The van der Waals surface area contributed by atoms with Gasteiger partial charge in [-0.1, -0.05) is 109 Å². The fourth-order valence-corrected chi connectivity index (χ4v) is 11.2. The molecule has 1 aromatic heterocycles. The van der Waals surface area contributed by atoms with Gasteiger partial charge in [-0.25, -0.2) is 15.0 Å². The predicted octanol–water partition coefficient (Wildman–Crippen LogP) is 9.50. The summed E-state index contributed by atoms with van der Waals surface area (Å²) in [4.78, 5) is 15.1. The Morgan fingerprint density at radius 1 is 0.409 bits per heavy atom. The maximum atomic E-state index is 5.07. The zero-order chi connectivity index (χ0) is 28.8. The minimum atomic E-state index is 0.419. The summed E-state index contributed by atoms with van der Waals surface area (Å²) in [6.07, 6.45) is 8.99. The monoisotopic (exact) mass is 571 g/mol. The summed E-state index contributed by atoms with van der Waals surface area (Å²) in [5, 5.41) is 0. The van der Waals surface area contributed by atoms with Crippen LogP contribution < -0.4 is 0 Å². The minimum absolute atomic E-state index is 0.419. The lowest BCUT2D eigenvalue weighted by Crippen LogP contribution is -2.69. The lowest BCUT2D eigenvalue weighted by atomic mass is 9.30. The molecule has 1 heterocycles. The average Bonchev–Trinajstić information content (AvgIpc) is 3.11. The normalized spacial score (nSPS) is 32.3. The smallest absolute Gasteiger partial charge is 0.164 e. The van der Waals surface area contributed by atoms with Gasteiger partial charge in [0.25, 0.3) is 0 Å². The summed E-state index contributed by atoms with van der Waals surface area (Å²) in [5.41, 5.74) is 7.52. The highest BCUT2D eigenvalue weighted by atomic mass is 15.0. The van der Waals surface area contributed by atoms with Gasteiger partial charge in [0.15, 0.2) is 17.5 Å². The average molecular weight is 572 g/mol. The molecule has 4 atom stereocenters. The molecule has 0 aliphatic heterocycles. The molecule has 12 rings (SSSR count). The fraction of sp³-hybridized carbons (Fsp3) is 0.341. The second kappa shape index (κ2) is 9.44. The molecule has 4 unspecified atom stereocenters. The lowest BCUT2D eigenvalue weighted by Gasteiger charge is -2.74. The SMILES string of the molecule is c1ccc(-c2ccc(-c3nc(-c4ccccc4)nc(-c4ccc(C56CC7CC8C9CC(CC85)CC6C9C7)cc4)n3)cc2)cc1. The van der Waals surface area contributed by atoms with Crippen LogP contribution in [0.2, 0.25) is 0 Å². The molecule has 3 heteroatoms. The Labute approximate surface area is 259 Å². The van der Waals surface area contributed by atoms with Crippen LogP contribution in [-0.2, 0) is 5.41 Å². The maximum absolute atomic E-state index is 5.07. The Morgan fingerprint density at radius 2 is 0.841 bits per heavy atom. The van der Waals surface area contributed by atoms with E-state index in [-0.39, 0.29) is 0 Å². The highest BCUT2D eigenvalue weighted by molar-refractivity contribution is 5.70. The van der Waals surface area contributed by atoms with Crippen LogP contribution in [-0.4, -0.2) is 15.0 Å². The summed E-state index contributed by atoms with van der Waals surface area (Å²) in [6, 6.07) is 39.0. The Hall–Kier alpha value is -4.11. The molecule has 7 aliphatic rings. The van der Waals surface area contributed by atoms with Gasteiger partial charge in [0.2, 0.25) is 0 Å². The van der Waals surface area contributed by atoms with E-state index in [9.17, 15) is 0 Å². The van der Waals surface area contributed by atoms with Crippen molar-refractivity contribution in [1.29, 1.82) is 0 Å². The fourth-order valence-electron chi connectivity index (χ4n) is 11.2. The highest BCUT2D eigenvalue weighted by Gasteiger charge is 2.70. The molecule has 0 saturated heterocycles. The zero-order valence-corrected chi connectivity index (χ0v) is 25.0. The van der Waals surface area contributed by atoms with Crippen LogP contribution in [0.5, 0.6) is 0 Å². The predicted molar refractivity (Wildman–Crippen MR) is 175 cm³/mol. The van der Waals surface area contributed by atoms with Crippen molar-refractivity contribution in [3.05, 3.63) is 115 Å². The van der Waals surface area contributed by atoms with Crippen LogP contribution in [0.15, 0.2) is 109 Å². The van der Waals surface area contributed by atoms with Crippen molar-refractivity contribution in [2.24, 2.45) is 41.4 Å². The Balaban J connectivity index is 1.04. The largest absolute Gasteiger partial charge is 0.208 e. The van der Waals surface area contributed by atoms with E-state index in [0.717, 1.165) is 69.8 Å². The number of aromatic nitrogens is 3. The molecule has 3 nitrogen and oxygen atoms in total. The van der Waals surface area contributed by atoms with Gasteiger partial charge in [-0.15, -0.1) is 0 Å². The van der Waals surface area contributed by atoms with Crippen molar-refractivity contribution in [3.63, 3.8) is 0 Å². The Kier molecular flexibility index (Phi) is 5.42. The van der Waals surface area contributed by atoms with E-state index in [1.54, 1.807) is 12.0 Å². The third kappa shape index (κ3) is 3.65. The van der Waals surface area contributed by atoms with Crippen molar-refractivity contribution in [2.75, 3.05) is 0 Å². The summed E-state index contributed by atoms with van der Waals surface area (Å²) in [6.45, 7) is 0. The molecule has 44 heavy (non-hydrogen) atoms. The third-order valence-electron chi connectivity index (χ3n) is 12.7. The highest BCUT2D eigenvalue weighted by Crippen LogP contribution is 2.76. The van der Waals surface area contributed by atoms with Crippen LogP contribution >= 0.6 is 0 Å². The second-order valence-electron chi connectivity index (χ2n) is 14.6. The molecule has 0 spiro atoms. The first-order valence-electron chi connectivity index (χ1n) is 16.8. The van der Waals surface area contributed by atoms with Crippen molar-refractivity contribution < 1.29 is 0 Å². The van der Waals surface area contributed by atoms with Gasteiger partial charge in [0.05, 0.1) is 0 Å². The number of benzene rings is 4. The van der Waals surface area contributed by atoms with Gasteiger partial charge in [0, 0.05) is 22.1 Å². The lowest BCUT2D eigenvalue weighted by molar-refractivity contribution is -0.220. The quantitative estimate of drug-likeness (QED) is 0.211. The molecule has 5 aromatic rings. The standard InChI is InChI=1S/C41H37N3/c1-3-7-27(8-4-1)28-11-13-30(14-12-28)39-42-38(29-9-5-2-6-10-29)43-40(44-39)31-15-17-32(18-16-31)41-24-26-20-34-33-19-25(22-36(34)41)23-37(41)35(33)21-26/h1-18,25-26,33-37H,19-24H2. The first kappa shape index (κ1) is 25.2. The van der Waals surface area contributed by atoms with Gasteiger partial charge in [0.1, 0.15) is 0 Å². The van der Waals surface area contributed by atoms with E-state index in [1.807, 2.05) is 18.2 Å². The van der Waals surface area contributed by atoms with Crippen LogP contribution in [0, 0.1) is 41.4 Å². The van der Waals surface area contributed by atoms with Crippen LogP contribution in [0.25, 0.3) is 45.3 Å². The number of rotatable bonds is 5. The molecule has 8 bridgehead atoms. The van der Waals surface area contributed by atoms with Crippen LogP contribution in [0.3, 0.4) is 0 Å². The Bertz CT molecular complexity index is 1820. The second-order valence-corrected chi connectivity index (χ2v) is 14.6. The van der Waals surface area contributed by atoms with Crippen molar-refractivity contribution in [3.8, 4) is 45.3 Å². The first-order chi connectivity index (χ1) is 21.7. The Morgan fingerprint density at radius 3 is 1.41 bits per heavy atom. The maximum Gasteiger partial charge on any atom is 0.164 e. The first-order valence-corrected chi connectivity index (χ1v) is 16.8. The molecule has 0 radical (unpaired) electrons. The van der Waals surface area contributed by atoms with E-state index in [4.69, 9.17) is 15.0 Å². The van der Waals surface area contributed by atoms with Gasteiger partial charge in [-0.05, 0) is 96.6 Å². The third-order valence-corrected chi connectivity index (χ3v) is 12.7. The summed E-state index contributed by atoms with van der Waals surface area (Å²) >= 11 is 0. The van der Waals surface area contributed by atoms with Gasteiger partial charge >= 0.3 is 0 Å². The molecular formula is C41H37N3. The van der Waals surface area contributed by atoms with E-state index in [1.165, 1.54) is 43.2 Å². The molecule has 0 N–H and O–H groups in total. The molecule has 7 aliphatic carbocycles. The number of hydrogen-bond acceptors (Lipinski definition) is 3. The number of nitrogens with zero attached hydrogens (tertiary/aromatic N) is 3. The van der Waals surface area contributed by atoms with Crippen LogP contribution in [0.1, 0.15) is 44.1 Å². The van der Waals surface area contributed by atoms with E-state index < -0.39 is 0 Å². The molecule has 7 fully saturated rings. The minimum Gasteiger partial charge on any atom is -0.208 e. The molecule has 4 aromatic carbocycles. The molecule has 7 saturated carbocycles. The molecule has 0 amide bonds. The van der Waals surface area contributed by atoms with Crippen LogP contribution in [0.4, 0.5) is 0 Å². The van der Waals surface area contributed by atoms with Gasteiger partial charge < -0.3 is 0 Å².